The van der Waals surface area contributed by atoms with E-state index in [1.807, 2.05) is 13.0 Å². The van der Waals surface area contributed by atoms with Crippen molar-refractivity contribution >= 4 is 17.7 Å². The maximum Gasteiger partial charge on any atom is 0.262 e. The van der Waals surface area contributed by atoms with Crippen LogP contribution in [0.25, 0.3) is 0 Å². The third-order valence-corrected chi connectivity index (χ3v) is 5.07. The van der Waals surface area contributed by atoms with Crippen molar-refractivity contribution in [2.45, 2.75) is 26.7 Å². The summed E-state index contributed by atoms with van der Waals surface area (Å²) in [6.45, 7) is 7.12. The molecule has 0 saturated carbocycles. The summed E-state index contributed by atoms with van der Waals surface area (Å²) >= 11 is 0. The van der Waals surface area contributed by atoms with E-state index in [-0.39, 0.29) is 24.3 Å². The van der Waals surface area contributed by atoms with Crippen LogP contribution in [0.3, 0.4) is 0 Å². The van der Waals surface area contributed by atoms with Crippen molar-refractivity contribution in [2.75, 3.05) is 32.7 Å². The lowest BCUT2D eigenvalue weighted by molar-refractivity contribution is -0.132. The molecule has 3 rings (SSSR count). The van der Waals surface area contributed by atoms with E-state index in [0.29, 0.717) is 30.1 Å². The maximum atomic E-state index is 12.5. The molecule has 0 aromatic heterocycles. The van der Waals surface area contributed by atoms with Crippen LogP contribution >= 0.6 is 0 Å². The number of benzene rings is 1. The number of likely N-dealkylation sites (tertiary alicyclic amines) is 1. The van der Waals surface area contributed by atoms with Gasteiger partial charge in [-0.2, -0.15) is 0 Å². The van der Waals surface area contributed by atoms with Gasteiger partial charge >= 0.3 is 0 Å². The molecule has 0 unspecified atom stereocenters. The summed E-state index contributed by atoms with van der Waals surface area (Å²) < 4.78 is 0. The van der Waals surface area contributed by atoms with Gasteiger partial charge in [-0.15, -0.1) is 0 Å². The van der Waals surface area contributed by atoms with Gasteiger partial charge in [-0.3, -0.25) is 19.3 Å². The standard InChI is InChI=1S/C19H25N3O3/c1-3-20-11-14-6-8-21(9-7-14)17(23)12-22-18(24)15-5-4-13(2)10-16(15)19(22)25/h4-5,10,14,20H,3,6-9,11-12H2,1-2H3. The van der Waals surface area contributed by atoms with Gasteiger partial charge in [-0.05, 0) is 50.9 Å². The highest BCUT2D eigenvalue weighted by Crippen LogP contribution is 2.24. The predicted molar refractivity (Wildman–Crippen MR) is 94.4 cm³/mol. The molecule has 0 aliphatic carbocycles. The van der Waals surface area contributed by atoms with E-state index >= 15 is 0 Å². The Balaban J connectivity index is 1.59. The van der Waals surface area contributed by atoms with Crippen molar-refractivity contribution in [1.82, 2.24) is 15.1 Å². The van der Waals surface area contributed by atoms with Gasteiger partial charge in [0.05, 0.1) is 11.1 Å². The number of piperidine rings is 1. The smallest absolute Gasteiger partial charge is 0.262 e. The molecule has 1 fully saturated rings. The zero-order chi connectivity index (χ0) is 18.0. The molecule has 0 atom stereocenters. The zero-order valence-electron chi connectivity index (χ0n) is 14.9. The third kappa shape index (κ3) is 3.58. The van der Waals surface area contributed by atoms with E-state index in [0.717, 1.165) is 36.4 Å². The summed E-state index contributed by atoms with van der Waals surface area (Å²) in [4.78, 5) is 40.3. The van der Waals surface area contributed by atoms with Gasteiger partial charge < -0.3 is 10.2 Å². The molecule has 6 heteroatoms. The molecule has 1 saturated heterocycles. The van der Waals surface area contributed by atoms with Gasteiger partial charge in [-0.1, -0.05) is 18.6 Å². The second kappa shape index (κ2) is 7.35. The normalized spacial score (nSPS) is 18.0. The highest BCUT2D eigenvalue weighted by Gasteiger charge is 2.37. The van der Waals surface area contributed by atoms with Crippen LogP contribution in [-0.4, -0.2) is 60.2 Å². The minimum atomic E-state index is -0.365. The fourth-order valence-electron chi connectivity index (χ4n) is 3.52. The zero-order valence-corrected chi connectivity index (χ0v) is 14.9. The van der Waals surface area contributed by atoms with Crippen LogP contribution in [-0.2, 0) is 4.79 Å². The molecule has 1 aromatic carbocycles. The lowest BCUT2D eigenvalue weighted by atomic mass is 9.97. The number of carbonyl (C=O) groups is 3. The lowest BCUT2D eigenvalue weighted by Crippen LogP contribution is -2.46. The summed E-state index contributed by atoms with van der Waals surface area (Å²) in [5, 5.41) is 3.35. The molecule has 25 heavy (non-hydrogen) atoms. The van der Waals surface area contributed by atoms with Crippen LogP contribution < -0.4 is 5.32 Å². The Morgan fingerprint density at radius 3 is 2.52 bits per heavy atom. The Bertz CT molecular complexity index is 693. The number of rotatable bonds is 5. The quantitative estimate of drug-likeness (QED) is 0.822. The summed E-state index contributed by atoms with van der Waals surface area (Å²) in [7, 11) is 0. The number of imide groups is 1. The first-order valence-electron chi connectivity index (χ1n) is 8.96. The highest BCUT2D eigenvalue weighted by atomic mass is 16.2. The number of nitrogens with one attached hydrogen (secondary N) is 1. The van der Waals surface area contributed by atoms with Crippen molar-refractivity contribution in [1.29, 1.82) is 0 Å². The van der Waals surface area contributed by atoms with Crippen molar-refractivity contribution < 1.29 is 14.4 Å². The van der Waals surface area contributed by atoms with Crippen LogP contribution in [0.4, 0.5) is 0 Å². The Morgan fingerprint density at radius 1 is 1.16 bits per heavy atom. The Kier molecular flexibility index (Phi) is 5.18. The molecule has 1 N–H and O–H groups in total. The monoisotopic (exact) mass is 343 g/mol. The van der Waals surface area contributed by atoms with Crippen molar-refractivity contribution in [3.63, 3.8) is 0 Å². The largest absolute Gasteiger partial charge is 0.341 e. The van der Waals surface area contributed by atoms with Gasteiger partial charge in [0.1, 0.15) is 6.54 Å². The molecular formula is C19H25N3O3. The molecule has 2 aliphatic rings. The van der Waals surface area contributed by atoms with Crippen LogP contribution in [0.15, 0.2) is 18.2 Å². The molecule has 134 valence electrons. The van der Waals surface area contributed by atoms with Gasteiger partial charge in [0, 0.05) is 13.1 Å². The second-order valence-corrected chi connectivity index (χ2v) is 6.88. The van der Waals surface area contributed by atoms with Gasteiger partial charge in [0.25, 0.3) is 11.8 Å². The molecular weight excluding hydrogens is 318 g/mol. The van der Waals surface area contributed by atoms with Crippen LogP contribution in [0.1, 0.15) is 46.0 Å². The second-order valence-electron chi connectivity index (χ2n) is 6.88. The average Bonchev–Trinajstić information content (AvgIpc) is 2.84. The van der Waals surface area contributed by atoms with E-state index < -0.39 is 0 Å². The summed E-state index contributed by atoms with van der Waals surface area (Å²) in [5.41, 5.74) is 1.73. The number of hydrogen-bond acceptors (Lipinski definition) is 4. The minimum Gasteiger partial charge on any atom is -0.341 e. The number of fused-ring (bicyclic) bond motifs is 1. The van der Waals surface area contributed by atoms with Gasteiger partial charge in [0.2, 0.25) is 5.91 Å². The number of amides is 3. The van der Waals surface area contributed by atoms with Crippen molar-refractivity contribution in [3.05, 3.63) is 34.9 Å². The first-order chi connectivity index (χ1) is 12.0. The number of carbonyl (C=O) groups excluding carboxylic acids is 3. The molecule has 2 heterocycles. The average molecular weight is 343 g/mol. The molecule has 1 aromatic rings. The molecule has 0 bridgehead atoms. The number of nitrogens with zero attached hydrogens (tertiary/aromatic N) is 2. The maximum absolute atomic E-state index is 12.5. The SMILES string of the molecule is CCNCC1CCN(C(=O)CN2C(=O)c3ccc(C)cc3C2=O)CC1. The summed E-state index contributed by atoms with van der Waals surface area (Å²) in [5.74, 6) is -0.283. The Hall–Kier alpha value is -2.21. The van der Waals surface area contributed by atoms with Crippen LogP contribution in [0, 0.1) is 12.8 Å². The predicted octanol–water partition coefficient (Wildman–Crippen LogP) is 1.44. The lowest BCUT2D eigenvalue weighted by Gasteiger charge is -2.32. The van der Waals surface area contributed by atoms with E-state index in [1.165, 1.54) is 0 Å². The molecule has 0 radical (unpaired) electrons. The minimum absolute atomic E-state index is 0.145. The highest BCUT2D eigenvalue weighted by molar-refractivity contribution is 6.22. The van der Waals surface area contributed by atoms with E-state index in [2.05, 4.69) is 12.2 Å². The van der Waals surface area contributed by atoms with Gasteiger partial charge in [-0.25, -0.2) is 0 Å². The molecule has 3 amide bonds. The van der Waals surface area contributed by atoms with Crippen molar-refractivity contribution in [3.8, 4) is 0 Å². The van der Waals surface area contributed by atoms with E-state index in [9.17, 15) is 14.4 Å². The Labute approximate surface area is 148 Å². The molecule has 2 aliphatic heterocycles. The van der Waals surface area contributed by atoms with E-state index in [1.54, 1.807) is 17.0 Å². The van der Waals surface area contributed by atoms with E-state index in [4.69, 9.17) is 0 Å². The topological polar surface area (TPSA) is 69.7 Å². The summed E-state index contributed by atoms with van der Waals surface area (Å²) in [6.07, 6.45) is 1.92. The fraction of sp³-hybridized carbons (Fsp3) is 0.526. The van der Waals surface area contributed by atoms with Crippen LogP contribution in [0.2, 0.25) is 0 Å². The Morgan fingerprint density at radius 2 is 1.84 bits per heavy atom. The number of aryl methyl sites for hydroxylation is 1. The molecule has 0 spiro atoms. The fourth-order valence-corrected chi connectivity index (χ4v) is 3.52. The number of hydrogen-bond donors (Lipinski definition) is 1. The molecule has 6 nitrogen and oxygen atoms in total. The van der Waals surface area contributed by atoms with Crippen molar-refractivity contribution in [2.24, 2.45) is 5.92 Å². The third-order valence-electron chi connectivity index (χ3n) is 5.07. The first-order valence-corrected chi connectivity index (χ1v) is 8.96. The first kappa shape index (κ1) is 17.6. The van der Waals surface area contributed by atoms with Gasteiger partial charge in [0.15, 0.2) is 0 Å². The summed E-state index contributed by atoms with van der Waals surface area (Å²) in [6, 6.07) is 5.19. The van der Waals surface area contributed by atoms with Crippen LogP contribution in [0.5, 0.6) is 0 Å².